The molecule has 1 aliphatic rings. The molecule has 6 nitrogen and oxygen atoms in total. The predicted octanol–water partition coefficient (Wildman–Crippen LogP) is 4.24. The van der Waals surface area contributed by atoms with E-state index in [0.717, 1.165) is 44.5 Å². The highest BCUT2D eigenvalue weighted by Gasteiger charge is 2.38. The van der Waals surface area contributed by atoms with Gasteiger partial charge in [-0.1, -0.05) is 30.7 Å². The number of anilines is 1. The number of nitrogens with zero attached hydrogens (tertiary/aromatic N) is 1. The van der Waals surface area contributed by atoms with Crippen molar-refractivity contribution in [3.63, 3.8) is 0 Å². The Labute approximate surface area is 186 Å². The van der Waals surface area contributed by atoms with Crippen LogP contribution in [0.2, 0.25) is 0 Å². The molecule has 0 bridgehead atoms. The lowest BCUT2D eigenvalue weighted by molar-refractivity contribution is -0.192. The standard InChI is InChI=1S/C20H26N2O2S.C2HF3O2/c1-3-12-22-13-10-17-6-7-19(15-18(17)11-14-22)21-25(23,24)20-8-4-16(2)5-9-20;3-2(4,5)1(6)7/h4-9,15,21H,3,10-14H2,1-2H3;(H,6,7). The Hall–Kier alpha value is -2.59. The number of hydrogen-bond donors (Lipinski definition) is 2. The number of halogens is 3. The molecule has 3 rings (SSSR count). The van der Waals surface area contributed by atoms with Gasteiger partial charge in [-0.25, -0.2) is 13.2 Å². The van der Waals surface area contributed by atoms with Crippen molar-refractivity contribution in [1.29, 1.82) is 0 Å². The topological polar surface area (TPSA) is 86.7 Å². The average molecular weight is 473 g/mol. The summed E-state index contributed by atoms with van der Waals surface area (Å²) >= 11 is 0. The largest absolute Gasteiger partial charge is 0.490 e. The second-order valence-corrected chi connectivity index (χ2v) is 9.23. The molecule has 1 heterocycles. The fourth-order valence-electron chi connectivity index (χ4n) is 3.31. The van der Waals surface area contributed by atoms with Crippen LogP contribution in [-0.4, -0.2) is 50.2 Å². The summed E-state index contributed by atoms with van der Waals surface area (Å²) in [5, 5.41) is 7.12. The van der Waals surface area contributed by atoms with Gasteiger partial charge in [-0.05, 0) is 68.1 Å². The number of sulfonamides is 1. The molecular formula is C22H27F3N2O4S. The van der Waals surface area contributed by atoms with Crippen LogP contribution in [0.3, 0.4) is 0 Å². The van der Waals surface area contributed by atoms with Crippen molar-refractivity contribution in [3.05, 3.63) is 59.2 Å². The minimum atomic E-state index is -5.08. The molecule has 0 atom stereocenters. The molecule has 0 saturated carbocycles. The first kappa shape index (κ1) is 25.7. The predicted molar refractivity (Wildman–Crippen MR) is 116 cm³/mol. The van der Waals surface area contributed by atoms with E-state index in [1.165, 1.54) is 11.1 Å². The second kappa shape index (κ2) is 10.8. The fraction of sp³-hybridized carbons (Fsp3) is 0.409. The average Bonchev–Trinajstić information content (AvgIpc) is 2.90. The Morgan fingerprint density at radius 1 is 1.06 bits per heavy atom. The third-order valence-electron chi connectivity index (χ3n) is 4.97. The smallest absolute Gasteiger partial charge is 0.475 e. The molecule has 2 N–H and O–H groups in total. The SMILES string of the molecule is CCCN1CCc2ccc(NS(=O)(=O)c3ccc(C)cc3)cc2CC1.O=C(O)C(F)(F)F. The number of carboxylic acids is 1. The Kier molecular flexibility index (Phi) is 8.68. The van der Waals surface area contributed by atoms with Crippen molar-refractivity contribution in [2.45, 2.75) is 44.2 Å². The van der Waals surface area contributed by atoms with E-state index < -0.39 is 22.2 Å². The number of aryl methyl sites for hydroxylation is 1. The van der Waals surface area contributed by atoms with Crippen LogP contribution in [0.25, 0.3) is 0 Å². The second-order valence-electron chi connectivity index (χ2n) is 7.55. The van der Waals surface area contributed by atoms with Crippen LogP contribution in [0.5, 0.6) is 0 Å². The maximum atomic E-state index is 12.6. The monoisotopic (exact) mass is 472 g/mol. The minimum absolute atomic E-state index is 0.294. The van der Waals surface area contributed by atoms with Crippen molar-refractivity contribution >= 4 is 21.7 Å². The Morgan fingerprint density at radius 2 is 1.62 bits per heavy atom. The summed E-state index contributed by atoms with van der Waals surface area (Å²) in [5.74, 6) is -2.76. The van der Waals surface area contributed by atoms with Gasteiger partial charge in [0.1, 0.15) is 0 Å². The van der Waals surface area contributed by atoms with Crippen LogP contribution >= 0.6 is 0 Å². The lowest BCUT2D eigenvalue weighted by Crippen LogP contribution is -2.27. The number of fused-ring (bicyclic) bond motifs is 1. The van der Waals surface area contributed by atoms with Crippen molar-refractivity contribution in [1.82, 2.24) is 4.90 Å². The van der Waals surface area contributed by atoms with Crippen molar-refractivity contribution in [3.8, 4) is 0 Å². The third kappa shape index (κ3) is 7.52. The first-order valence-electron chi connectivity index (χ1n) is 10.2. The normalized spacial score (nSPS) is 14.5. The van der Waals surface area contributed by atoms with E-state index >= 15 is 0 Å². The molecular weight excluding hydrogens is 445 g/mol. The molecule has 0 saturated heterocycles. The van der Waals surface area contributed by atoms with Crippen LogP contribution in [0.4, 0.5) is 18.9 Å². The molecule has 176 valence electrons. The molecule has 2 aromatic carbocycles. The molecule has 10 heteroatoms. The molecule has 0 unspecified atom stereocenters. The van der Waals surface area contributed by atoms with Crippen LogP contribution in [0.15, 0.2) is 47.4 Å². The number of hydrogen-bond acceptors (Lipinski definition) is 4. The van der Waals surface area contributed by atoms with Gasteiger partial charge in [-0.15, -0.1) is 0 Å². The van der Waals surface area contributed by atoms with Gasteiger partial charge in [0.15, 0.2) is 0 Å². The first-order chi connectivity index (χ1) is 14.9. The van der Waals surface area contributed by atoms with E-state index in [2.05, 4.69) is 22.6 Å². The number of alkyl halides is 3. The van der Waals surface area contributed by atoms with E-state index in [-0.39, 0.29) is 0 Å². The summed E-state index contributed by atoms with van der Waals surface area (Å²) in [6, 6.07) is 12.9. The number of nitrogens with one attached hydrogen (secondary N) is 1. The lowest BCUT2D eigenvalue weighted by atomic mass is 10.0. The van der Waals surface area contributed by atoms with Gasteiger partial charge in [-0.2, -0.15) is 13.2 Å². The zero-order valence-corrected chi connectivity index (χ0v) is 18.8. The highest BCUT2D eigenvalue weighted by molar-refractivity contribution is 7.92. The van der Waals surface area contributed by atoms with Crippen LogP contribution in [0, 0.1) is 6.92 Å². The Bertz CT molecular complexity index is 1020. The minimum Gasteiger partial charge on any atom is -0.475 e. The van der Waals surface area contributed by atoms with Gasteiger partial charge < -0.3 is 10.0 Å². The molecule has 0 aromatic heterocycles. The summed E-state index contributed by atoms with van der Waals surface area (Å²) in [5.41, 5.74) is 4.27. The van der Waals surface area contributed by atoms with E-state index in [1.807, 2.05) is 31.2 Å². The van der Waals surface area contributed by atoms with E-state index in [9.17, 15) is 21.6 Å². The van der Waals surface area contributed by atoms with Crippen molar-refractivity contribution < 1.29 is 31.5 Å². The molecule has 0 radical (unpaired) electrons. The molecule has 0 amide bonds. The maximum absolute atomic E-state index is 12.6. The Morgan fingerprint density at radius 3 is 2.16 bits per heavy atom. The number of carboxylic acid groups (broad SMARTS) is 1. The van der Waals surface area contributed by atoms with E-state index in [0.29, 0.717) is 10.6 Å². The van der Waals surface area contributed by atoms with Gasteiger partial charge in [-0.3, -0.25) is 4.72 Å². The summed E-state index contributed by atoms with van der Waals surface area (Å²) in [4.78, 5) is 11.7. The summed E-state index contributed by atoms with van der Waals surface area (Å²) in [7, 11) is -3.55. The van der Waals surface area contributed by atoms with Gasteiger partial charge in [0.2, 0.25) is 0 Å². The number of benzene rings is 2. The highest BCUT2D eigenvalue weighted by Crippen LogP contribution is 2.23. The molecule has 0 fully saturated rings. The van der Waals surface area contributed by atoms with Gasteiger partial charge in [0, 0.05) is 18.8 Å². The summed E-state index contributed by atoms with van der Waals surface area (Å²) in [6.07, 6.45) is -1.92. The molecule has 2 aromatic rings. The van der Waals surface area contributed by atoms with E-state index in [1.54, 1.807) is 12.1 Å². The quantitative estimate of drug-likeness (QED) is 0.680. The third-order valence-corrected chi connectivity index (χ3v) is 6.36. The van der Waals surface area contributed by atoms with Crippen molar-refractivity contribution in [2.75, 3.05) is 24.4 Å². The number of rotatable bonds is 5. The van der Waals surface area contributed by atoms with Crippen LogP contribution in [0.1, 0.15) is 30.0 Å². The van der Waals surface area contributed by atoms with Gasteiger partial charge in [0.05, 0.1) is 4.90 Å². The molecule has 0 aliphatic carbocycles. The van der Waals surface area contributed by atoms with Gasteiger partial charge >= 0.3 is 12.1 Å². The zero-order chi connectivity index (χ0) is 23.9. The van der Waals surface area contributed by atoms with Crippen LogP contribution < -0.4 is 4.72 Å². The molecule has 32 heavy (non-hydrogen) atoms. The maximum Gasteiger partial charge on any atom is 0.490 e. The number of aliphatic carboxylic acids is 1. The zero-order valence-electron chi connectivity index (χ0n) is 17.9. The van der Waals surface area contributed by atoms with Crippen molar-refractivity contribution in [2.24, 2.45) is 0 Å². The van der Waals surface area contributed by atoms with Crippen LogP contribution in [-0.2, 0) is 27.7 Å². The number of carbonyl (C=O) groups is 1. The summed E-state index contributed by atoms with van der Waals surface area (Å²) in [6.45, 7) is 7.39. The summed E-state index contributed by atoms with van der Waals surface area (Å²) < 4.78 is 59.6. The Balaban J connectivity index is 0.000000451. The molecule has 1 aliphatic heterocycles. The highest BCUT2D eigenvalue weighted by atomic mass is 32.2. The lowest BCUT2D eigenvalue weighted by Gasteiger charge is -2.18. The van der Waals surface area contributed by atoms with Gasteiger partial charge in [0.25, 0.3) is 10.0 Å². The molecule has 0 spiro atoms. The van der Waals surface area contributed by atoms with E-state index in [4.69, 9.17) is 9.90 Å². The fourth-order valence-corrected chi connectivity index (χ4v) is 4.36. The first-order valence-corrected chi connectivity index (χ1v) is 11.6.